The summed E-state index contributed by atoms with van der Waals surface area (Å²) in [5.41, 5.74) is 4.43. The number of benzene rings is 1. The lowest BCUT2D eigenvalue weighted by atomic mass is 10.1. The van der Waals surface area contributed by atoms with Gasteiger partial charge < -0.3 is 5.73 Å². The number of anilines is 1. The second kappa shape index (κ2) is 4.06. The van der Waals surface area contributed by atoms with E-state index in [1.54, 1.807) is 0 Å². The van der Waals surface area contributed by atoms with E-state index in [1.165, 1.54) is 6.92 Å². The Balaban J connectivity index is 2.75. The van der Waals surface area contributed by atoms with Gasteiger partial charge in [-0.25, -0.2) is 4.39 Å². The minimum Gasteiger partial charge on any atom is -0.382 e. The van der Waals surface area contributed by atoms with Crippen molar-refractivity contribution in [3.63, 3.8) is 0 Å². The topological polar surface area (TPSA) is 97.8 Å². The van der Waals surface area contributed by atoms with Gasteiger partial charge in [-0.15, -0.1) is 0 Å². The van der Waals surface area contributed by atoms with Crippen molar-refractivity contribution < 1.29 is 13.7 Å². The Kier molecular flexibility index (Phi) is 2.70. The van der Waals surface area contributed by atoms with Crippen LogP contribution in [0.2, 0.25) is 0 Å². The summed E-state index contributed by atoms with van der Waals surface area (Å²) in [6.07, 6.45) is 0. The number of rotatable bonds is 2. The van der Waals surface area contributed by atoms with Crippen molar-refractivity contribution in [2.75, 3.05) is 5.73 Å². The Morgan fingerprint density at radius 1 is 1.44 bits per heavy atom. The van der Waals surface area contributed by atoms with Gasteiger partial charge in [0.1, 0.15) is 11.6 Å². The maximum absolute atomic E-state index is 13.9. The summed E-state index contributed by atoms with van der Waals surface area (Å²) in [6, 6.07) is 1.59. The zero-order valence-electron chi connectivity index (χ0n) is 9.20. The average Bonchev–Trinajstić information content (AvgIpc) is 2.61. The van der Waals surface area contributed by atoms with E-state index < -0.39 is 27.8 Å². The molecule has 0 fully saturated rings. The first kappa shape index (κ1) is 12.0. The number of nitro groups is 1. The number of nitrogens with zero attached hydrogens (tertiary/aromatic N) is 2. The molecule has 0 radical (unpaired) electrons. The molecule has 6 nitrogen and oxygen atoms in total. The molecule has 8 heteroatoms. The van der Waals surface area contributed by atoms with Crippen molar-refractivity contribution in [1.82, 2.24) is 10.2 Å². The number of nitrogen functional groups attached to an aromatic ring is 1. The van der Waals surface area contributed by atoms with E-state index in [-0.39, 0.29) is 11.5 Å². The van der Waals surface area contributed by atoms with Gasteiger partial charge in [0.15, 0.2) is 0 Å². The minimum absolute atomic E-state index is 0.00815. The van der Waals surface area contributed by atoms with Crippen molar-refractivity contribution >= 4 is 11.5 Å². The van der Waals surface area contributed by atoms with Gasteiger partial charge in [-0.2, -0.15) is 9.49 Å². The number of H-pyrrole nitrogens is 1. The lowest BCUT2D eigenvalue weighted by Crippen LogP contribution is -1.99. The van der Waals surface area contributed by atoms with Gasteiger partial charge in [-0.05, 0) is 13.0 Å². The first-order valence-electron chi connectivity index (χ1n) is 4.86. The summed E-state index contributed by atoms with van der Waals surface area (Å²) < 4.78 is 27.5. The van der Waals surface area contributed by atoms with Crippen LogP contribution in [0.1, 0.15) is 5.56 Å². The molecule has 0 atom stereocenters. The number of aromatic nitrogens is 2. The first-order valence-corrected chi connectivity index (χ1v) is 4.86. The van der Waals surface area contributed by atoms with Crippen LogP contribution >= 0.6 is 0 Å². The summed E-state index contributed by atoms with van der Waals surface area (Å²) in [5.74, 6) is -2.10. The molecule has 1 aromatic carbocycles. The summed E-state index contributed by atoms with van der Waals surface area (Å²) in [7, 11) is 0. The van der Waals surface area contributed by atoms with Gasteiger partial charge in [-0.3, -0.25) is 15.2 Å². The molecule has 18 heavy (non-hydrogen) atoms. The molecule has 2 rings (SSSR count). The molecular formula is C10H8F2N4O2. The van der Waals surface area contributed by atoms with Gasteiger partial charge in [0, 0.05) is 11.6 Å². The number of halogens is 2. The van der Waals surface area contributed by atoms with E-state index in [0.717, 1.165) is 12.1 Å². The number of hydrogen-bond acceptors (Lipinski definition) is 4. The quantitative estimate of drug-likeness (QED) is 0.633. The second-order valence-electron chi connectivity index (χ2n) is 3.62. The van der Waals surface area contributed by atoms with Crippen LogP contribution in [-0.2, 0) is 0 Å². The van der Waals surface area contributed by atoms with Gasteiger partial charge in [0.2, 0.25) is 5.82 Å². The highest BCUT2D eigenvalue weighted by atomic mass is 19.1. The molecule has 0 saturated heterocycles. The second-order valence-corrected chi connectivity index (χ2v) is 3.62. The zero-order valence-corrected chi connectivity index (χ0v) is 9.20. The molecule has 0 amide bonds. The summed E-state index contributed by atoms with van der Waals surface area (Å²) >= 11 is 0. The number of nitro benzene ring substituents is 1. The van der Waals surface area contributed by atoms with E-state index in [2.05, 4.69) is 10.2 Å². The molecule has 3 N–H and O–H groups in total. The Hall–Kier alpha value is -2.51. The molecule has 1 heterocycles. The highest BCUT2D eigenvalue weighted by molar-refractivity contribution is 5.70. The summed E-state index contributed by atoms with van der Waals surface area (Å²) in [4.78, 5) is 9.68. The van der Waals surface area contributed by atoms with Gasteiger partial charge in [0.25, 0.3) is 0 Å². The van der Waals surface area contributed by atoms with Crippen LogP contribution in [0.25, 0.3) is 11.3 Å². The van der Waals surface area contributed by atoms with E-state index in [0.29, 0.717) is 5.56 Å². The summed E-state index contributed by atoms with van der Waals surface area (Å²) in [6.45, 7) is 1.51. The maximum atomic E-state index is 13.9. The largest absolute Gasteiger partial charge is 0.382 e. The van der Waals surface area contributed by atoms with E-state index in [9.17, 15) is 18.9 Å². The molecule has 0 aliphatic heterocycles. The maximum Gasteiger partial charge on any atom is 0.305 e. The Morgan fingerprint density at radius 3 is 2.61 bits per heavy atom. The number of nitrogens with two attached hydrogens (primary N) is 1. The van der Waals surface area contributed by atoms with Gasteiger partial charge in [-0.1, -0.05) is 0 Å². The van der Waals surface area contributed by atoms with Crippen molar-refractivity contribution in [2.45, 2.75) is 6.92 Å². The standard InChI is InChI=1S/C10H8F2N4O2/c1-4-9(14-15-10(4)13)7-5(11)2-3-6(8(7)12)16(17)18/h2-3H,1H3,(H3,13,14,15). The lowest BCUT2D eigenvalue weighted by Gasteiger charge is -2.04. The molecule has 1 aromatic heterocycles. The van der Waals surface area contributed by atoms with Crippen LogP contribution in [0.15, 0.2) is 12.1 Å². The van der Waals surface area contributed by atoms with Gasteiger partial charge >= 0.3 is 5.69 Å². The molecule has 0 bridgehead atoms. The molecule has 0 unspecified atom stereocenters. The number of hydrogen-bond donors (Lipinski definition) is 2. The van der Waals surface area contributed by atoms with Crippen LogP contribution in [0, 0.1) is 28.7 Å². The fraction of sp³-hybridized carbons (Fsp3) is 0.100. The fourth-order valence-corrected chi connectivity index (χ4v) is 1.57. The molecule has 94 valence electrons. The third kappa shape index (κ3) is 1.67. The number of nitrogens with one attached hydrogen (secondary N) is 1. The molecular weight excluding hydrogens is 246 g/mol. The third-order valence-corrected chi connectivity index (χ3v) is 2.56. The molecule has 0 aliphatic carbocycles. The normalized spacial score (nSPS) is 10.6. The number of aromatic amines is 1. The monoisotopic (exact) mass is 254 g/mol. The Labute approximate surface area is 99.6 Å². The zero-order chi connectivity index (χ0) is 13.4. The first-order chi connectivity index (χ1) is 8.43. The van der Waals surface area contributed by atoms with E-state index in [1.807, 2.05) is 0 Å². The predicted octanol–water partition coefficient (Wildman–Crippen LogP) is 2.15. The van der Waals surface area contributed by atoms with Crippen molar-refractivity contribution in [3.8, 4) is 11.3 Å². The Morgan fingerprint density at radius 2 is 2.11 bits per heavy atom. The Bertz CT molecular complexity index is 639. The van der Waals surface area contributed by atoms with Crippen LogP contribution in [0.4, 0.5) is 20.3 Å². The molecule has 0 spiro atoms. The lowest BCUT2D eigenvalue weighted by molar-refractivity contribution is -0.387. The van der Waals surface area contributed by atoms with Crippen LogP contribution < -0.4 is 5.73 Å². The van der Waals surface area contributed by atoms with Crippen LogP contribution in [0.5, 0.6) is 0 Å². The van der Waals surface area contributed by atoms with Gasteiger partial charge in [0.05, 0.1) is 16.2 Å². The predicted molar refractivity (Wildman–Crippen MR) is 59.7 cm³/mol. The highest BCUT2D eigenvalue weighted by Crippen LogP contribution is 2.33. The van der Waals surface area contributed by atoms with Crippen molar-refractivity contribution in [3.05, 3.63) is 39.4 Å². The summed E-state index contributed by atoms with van der Waals surface area (Å²) in [5, 5.41) is 16.6. The molecule has 0 aliphatic rings. The molecule has 0 saturated carbocycles. The fourth-order valence-electron chi connectivity index (χ4n) is 1.57. The third-order valence-electron chi connectivity index (χ3n) is 2.56. The highest BCUT2D eigenvalue weighted by Gasteiger charge is 2.25. The molecule has 2 aromatic rings. The smallest absolute Gasteiger partial charge is 0.305 e. The van der Waals surface area contributed by atoms with Crippen molar-refractivity contribution in [2.24, 2.45) is 0 Å². The van der Waals surface area contributed by atoms with E-state index in [4.69, 9.17) is 5.73 Å². The SMILES string of the molecule is Cc1c(N)n[nH]c1-c1c(F)ccc([N+](=O)[O-])c1F. The van der Waals surface area contributed by atoms with E-state index >= 15 is 0 Å². The minimum atomic E-state index is -1.26. The average molecular weight is 254 g/mol. The van der Waals surface area contributed by atoms with Crippen molar-refractivity contribution in [1.29, 1.82) is 0 Å². The van der Waals surface area contributed by atoms with Crippen LogP contribution in [0.3, 0.4) is 0 Å². The van der Waals surface area contributed by atoms with Crippen LogP contribution in [-0.4, -0.2) is 15.1 Å².